The van der Waals surface area contributed by atoms with Gasteiger partial charge in [-0.2, -0.15) is 0 Å². The molecule has 1 amide bonds. The maximum absolute atomic E-state index is 10.7. The van der Waals surface area contributed by atoms with Gasteiger partial charge in [-0.25, -0.2) is 0 Å². The highest BCUT2D eigenvalue weighted by molar-refractivity contribution is 5.89. The predicted octanol–water partition coefficient (Wildman–Crippen LogP) is 0.0175. The van der Waals surface area contributed by atoms with E-state index in [4.69, 9.17) is 11.5 Å². The zero-order chi connectivity index (χ0) is 9.07. The number of carbonyl (C=O) groups excluding carboxylic acids is 1. The summed E-state index contributed by atoms with van der Waals surface area (Å²) in [5, 5.41) is 0. The molecule has 0 aliphatic rings. The number of carbonyl (C=O) groups is 1. The van der Waals surface area contributed by atoms with Crippen LogP contribution in [0.3, 0.4) is 0 Å². The largest absolute Gasteiger partial charge is 0.387 e. The number of rotatable bonds is 3. The second-order valence-corrected chi connectivity index (χ2v) is 2.88. The van der Waals surface area contributed by atoms with Crippen LogP contribution in [0.2, 0.25) is 0 Å². The van der Waals surface area contributed by atoms with Crippen LogP contribution in [0.4, 0.5) is 0 Å². The molecule has 0 saturated carbocycles. The third kappa shape index (κ3) is 3.02. The highest BCUT2D eigenvalue weighted by atomic mass is 16.1. The third-order valence-corrected chi connectivity index (χ3v) is 1.39. The first-order valence-electron chi connectivity index (χ1n) is 3.54. The Kier molecular flexibility index (Phi) is 3.04. The van der Waals surface area contributed by atoms with E-state index < -0.39 is 11.4 Å². The molecule has 0 saturated heterocycles. The number of amidine groups is 1. The van der Waals surface area contributed by atoms with E-state index >= 15 is 0 Å². The van der Waals surface area contributed by atoms with Crippen LogP contribution in [0.25, 0.3) is 0 Å². The Hall–Kier alpha value is -1.06. The van der Waals surface area contributed by atoms with Gasteiger partial charge in [-0.15, -0.1) is 0 Å². The minimum atomic E-state index is -0.875. The molecule has 0 unspecified atom stereocenters. The Labute approximate surface area is 66.7 Å². The molecule has 0 spiro atoms. The molecule has 0 atom stereocenters. The Bertz CT molecular complexity index is 184. The molecular weight excluding hydrogens is 142 g/mol. The van der Waals surface area contributed by atoms with Crippen molar-refractivity contribution in [3.05, 3.63) is 0 Å². The fourth-order valence-electron chi connectivity index (χ4n) is 0.493. The second kappa shape index (κ2) is 3.37. The van der Waals surface area contributed by atoms with Crippen LogP contribution in [-0.4, -0.2) is 17.3 Å². The summed E-state index contributed by atoms with van der Waals surface area (Å²) in [7, 11) is 0. The Balaban J connectivity index is 4.46. The average Bonchev–Trinajstić information content (AvgIpc) is 1.86. The van der Waals surface area contributed by atoms with Gasteiger partial charge in [0.2, 0.25) is 5.91 Å². The van der Waals surface area contributed by atoms with Crippen LogP contribution in [0.5, 0.6) is 0 Å². The lowest BCUT2D eigenvalue weighted by Gasteiger charge is -2.15. The van der Waals surface area contributed by atoms with Gasteiger partial charge in [0.25, 0.3) is 0 Å². The van der Waals surface area contributed by atoms with Crippen LogP contribution < -0.4 is 11.5 Å². The van der Waals surface area contributed by atoms with Crippen LogP contribution in [0.15, 0.2) is 4.99 Å². The van der Waals surface area contributed by atoms with Gasteiger partial charge in [0.1, 0.15) is 5.54 Å². The molecule has 0 aliphatic heterocycles. The molecule has 0 heterocycles. The van der Waals surface area contributed by atoms with Crippen molar-refractivity contribution < 1.29 is 4.79 Å². The summed E-state index contributed by atoms with van der Waals surface area (Å²) >= 11 is 0. The molecule has 4 N–H and O–H groups in total. The van der Waals surface area contributed by atoms with Crippen molar-refractivity contribution in [2.75, 3.05) is 0 Å². The highest BCUT2D eigenvalue weighted by Gasteiger charge is 2.23. The zero-order valence-electron chi connectivity index (χ0n) is 7.22. The summed E-state index contributed by atoms with van der Waals surface area (Å²) in [6, 6.07) is 0. The van der Waals surface area contributed by atoms with Gasteiger partial charge in [0.15, 0.2) is 0 Å². The van der Waals surface area contributed by atoms with E-state index in [9.17, 15) is 4.79 Å². The molecule has 0 radical (unpaired) electrons. The summed E-state index contributed by atoms with van der Waals surface area (Å²) in [6.45, 7) is 5.14. The maximum atomic E-state index is 10.7. The number of nitrogens with two attached hydrogens (primary N) is 2. The second-order valence-electron chi connectivity index (χ2n) is 2.88. The molecule has 0 rings (SSSR count). The number of primary amides is 1. The van der Waals surface area contributed by atoms with Crippen molar-refractivity contribution in [1.82, 2.24) is 0 Å². The average molecular weight is 157 g/mol. The van der Waals surface area contributed by atoms with Crippen LogP contribution >= 0.6 is 0 Å². The van der Waals surface area contributed by atoms with Crippen molar-refractivity contribution in [3.8, 4) is 0 Å². The first-order chi connectivity index (χ1) is 4.90. The van der Waals surface area contributed by atoms with Crippen molar-refractivity contribution in [2.45, 2.75) is 32.7 Å². The molecule has 0 aliphatic carbocycles. The first-order valence-corrected chi connectivity index (χ1v) is 3.54. The smallest absolute Gasteiger partial charge is 0.244 e. The Morgan fingerprint density at radius 2 is 1.91 bits per heavy atom. The zero-order valence-corrected chi connectivity index (χ0v) is 7.22. The van der Waals surface area contributed by atoms with E-state index in [1.807, 2.05) is 6.92 Å². The van der Waals surface area contributed by atoms with Gasteiger partial charge >= 0.3 is 0 Å². The van der Waals surface area contributed by atoms with Crippen LogP contribution in [0, 0.1) is 0 Å². The molecule has 64 valence electrons. The van der Waals surface area contributed by atoms with Gasteiger partial charge in [0, 0.05) is 6.42 Å². The minimum Gasteiger partial charge on any atom is -0.387 e. The lowest BCUT2D eigenvalue weighted by atomic mass is 10.1. The summed E-state index contributed by atoms with van der Waals surface area (Å²) in [5.41, 5.74) is 9.64. The summed E-state index contributed by atoms with van der Waals surface area (Å²) in [5.74, 6) is -0.0114. The molecule has 0 aromatic rings. The Morgan fingerprint density at radius 3 is 2.18 bits per heavy atom. The molecule has 0 bridgehead atoms. The lowest BCUT2D eigenvalue weighted by Crippen LogP contribution is -2.38. The predicted molar refractivity (Wildman–Crippen MR) is 45.2 cm³/mol. The van der Waals surface area contributed by atoms with E-state index in [0.29, 0.717) is 12.3 Å². The van der Waals surface area contributed by atoms with Crippen molar-refractivity contribution in [1.29, 1.82) is 0 Å². The summed E-state index contributed by atoms with van der Waals surface area (Å²) in [6.07, 6.45) is 0.636. The van der Waals surface area contributed by atoms with Crippen LogP contribution in [0.1, 0.15) is 27.2 Å². The minimum absolute atomic E-state index is 0.453. The van der Waals surface area contributed by atoms with E-state index in [-0.39, 0.29) is 0 Å². The SMILES string of the molecule is CCC(N)=NC(C)(C)C(N)=O. The van der Waals surface area contributed by atoms with E-state index in [1.54, 1.807) is 13.8 Å². The normalized spacial score (nSPS) is 13.2. The topological polar surface area (TPSA) is 81.5 Å². The van der Waals surface area contributed by atoms with Crippen molar-refractivity contribution >= 4 is 11.7 Å². The molecule has 0 aromatic heterocycles. The number of aliphatic imine (C=N–C) groups is 1. The van der Waals surface area contributed by atoms with E-state index in [1.165, 1.54) is 0 Å². The summed E-state index contributed by atoms with van der Waals surface area (Å²) in [4.78, 5) is 14.7. The molecule has 0 fully saturated rings. The van der Waals surface area contributed by atoms with Gasteiger partial charge in [-0.05, 0) is 13.8 Å². The van der Waals surface area contributed by atoms with Gasteiger partial charge in [0.05, 0.1) is 5.84 Å². The van der Waals surface area contributed by atoms with Crippen LogP contribution in [-0.2, 0) is 4.79 Å². The molecule has 11 heavy (non-hydrogen) atoms. The number of hydrogen-bond donors (Lipinski definition) is 2. The fourth-order valence-corrected chi connectivity index (χ4v) is 0.493. The third-order valence-electron chi connectivity index (χ3n) is 1.39. The van der Waals surface area contributed by atoms with Gasteiger partial charge < -0.3 is 11.5 Å². The molecule has 4 nitrogen and oxygen atoms in total. The number of nitrogens with zero attached hydrogens (tertiary/aromatic N) is 1. The lowest BCUT2D eigenvalue weighted by molar-refractivity contribution is -0.121. The Morgan fingerprint density at radius 1 is 1.45 bits per heavy atom. The standard InChI is InChI=1S/C7H15N3O/c1-4-5(8)10-7(2,3)6(9)11/h4H2,1-3H3,(H2,8,10)(H2,9,11). The van der Waals surface area contributed by atoms with Gasteiger partial charge in [-0.3, -0.25) is 9.79 Å². The van der Waals surface area contributed by atoms with Crippen molar-refractivity contribution in [3.63, 3.8) is 0 Å². The molecular formula is C7H15N3O. The fraction of sp³-hybridized carbons (Fsp3) is 0.714. The number of hydrogen-bond acceptors (Lipinski definition) is 2. The highest BCUT2D eigenvalue weighted by Crippen LogP contribution is 2.07. The molecule has 4 heteroatoms. The van der Waals surface area contributed by atoms with Crippen molar-refractivity contribution in [2.24, 2.45) is 16.5 Å². The quantitative estimate of drug-likeness (QED) is 0.447. The monoisotopic (exact) mass is 157 g/mol. The number of amides is 1. The van der Waals surface area contributed by atoms with E-state index in [2.05, 4.69) is 4.99 Å². The summed E-state index contributed by atoms with van der Waals surface area (Å²) < 4.78 is 0. The molecule has 0 aromatic carbocycles. The first kappa shape index (κ1) is 9.94. The maximum Gasteiger partial charge on any atom is 0.244 e. The van der Waals surface area contributed by atoms with Gasteiger partial charge in [-0.1, -0.05) is 6.92 Å². The van der Waals surface area contributed by atoms with E-state index in [0.717, 1.165) is 0 Å².